The molecule has 0 fully saturated rings. The summed E-state index contributed by atoms with van der Waals surface area (Å²) in [6.45, 7) is 0. The molecule has 0 saturated carbocycles. The van der Waals surface area contributed by atoms with Gasteiger partial charge in [0, 0.05) is 19.8 Å². The number of fused-ring (bicyclic) bond motifs is 1. The van der Waals surface area contributed by atoms with Crippen molar-refractivity contribution in [3.05, 3.63) is 40.9 Å². The van der Waals surface area contributed by atoms with Crippen LogP contribution in [0.15, 0.2) is 35.9 Å². The Balaban J connectivity index is 2.29. The zero-order chi connectivity index (χ0) is 14.5. The average Bonchev–Trinajstić information content (AvgIpc) is 2.85. The van der Waals surface area contributed by atoms with Gasteiger partial charge in [0.25, 0.3) is 0 Å². The van der Waals surface area contributed by atoms with Crippen LogP contribution < -0.4 is 4.90 Å². The number of allylic oxidation sites excluding steroid dienone is 3. The van der Waals surface area contributed by atoms with Crippen molar-refractivity contribution in [2.45, 2.75) is 0 Å². The van der Waals surface area contributed by atoms with Crippen LogP contribution in [0.25, 0.3) is 16.3 Å². The number of nitriles is 2. The van der Waals surface area contributed by atoms with Crippen LogP contribution in [0.1, 0.15) is 5.01 Å². The van der Waals surface area contributed by atoms with Gasteiger partial charge in [0.2, 0.25) is 0 Å². The first-order chi connectivity index (χ1) is 9.63. The molecule has 1 aromatic heterocycles. The van der Waals surface area contributed by atoms with Gasteiger partial charge in [0.1, 0.15) is 22.7 Å². The maximum Gasteiger partial charge on any atom is 0.129 e. The van der Waals surface area contributed by atoms with E-state index in [4.69, 9.17) is 10.5 Å². The fourth-order valence-corrected chi connectivity index (χ4v) is 2.52. The fourth-order valence-electron chi connectivity index (χ4n) is 1.61. The Morgan fingerprint density at radius 3 is 2.70 bits per heavy atom. The molecule has 0 aliphatic heterocycles. The molecule has 98 valence electrons. The van der Waals surface area contributed by atoms with Crippen molar-refractivity contribution < 1.29 is 0 Å². The molecule has 0 N–H and O–H groups in total. The monoisotopic (exact) mass is 280 g/mol. The molecule has 1 heterocycles. The van der Waals surface area contributed by atoms with Crippen molar-refractivity contribution >= 4 is 33.3 Å². The van der Waals surface area contributed by atoms with Gasteiger partial charge in [-0.3, -0.25) is 0 Å². The minimum absolute atomic E-state index is 0.0808. The second kappa shape index (κ2) is 6.01. The minimum atomic E-state index is 0.0808. The topological polar surface area (TPSA) is 63.7 Å². The van der Waals surface area contributed by atoms with E-state index in [1.54, 1.807) is 23.5 Å². The molecule has 20 heavy (non-hydrogen) atoms. The van der Waals surface area contributed by atoms with Crippen LogP contribution in [0.2, 0.25) is 0 Å². The number of hydrogen-bond acceptors (Lipinski definition) is 5. The Kier molecular flexibility index (Phi) is 4.14. The second-order valence-corrected chi connectivity index (χ2v) is 5.32. The SMILES string of the molecule is CN(C)c1ccc2nc(C=CC=C(C#N)C#N)sc2c1. The maximum atomic E-state index is 8.63. The van der Waals surface area contributed by atoms with Crippen molar-refractivity contribution in [3.63, 3.8) is 0 Å². The molecule has 0 saturated heterocycles. The third kappa shape index (κ3) is 3.03. The Morgan fingerprint density at radius 2 is 2.05 bits per heavy atom. The summed E-state index contributed by atoms with van der Waals surface area (Å²) < 4.78 is 1.11. The van der Waals surface area contributed by atoms with E-state index in [-0.39, 0.29) is 5.57 Å². The van der Waals surface area contributed by atoms with Gasteiger partial charge in [-0.25, -0.2) is 4.98 Å². The summed E-state index contributed by atoms with van der Waals surface area (Å²) in [5.41, 5.74) is 2.16. The number of benzene rings is 1. The van der Waals surface area contributed by atoms with Gasteiger partial charge in [-0.2, -0.15) is 10.5 Å². The number of aromatic nitrogens is 1. The van der Waals surface area contributed by atoms with Gasteiger partial charge in [0.15, 0.2) is 0 Å². The van der Waals surface area contributed by atoms with Crippen LogP contribution in [-0.2, 0) is 0 Å². The standard InChI is InChI=1S/C15H12N4S/c1-19(2)12-6-7-13-14(8-12)20-15(18-13)5-3-4-11(9-16)10-17/h3-8H,1-2H3. The van der Waals surface area contributed by atoms with Crippen molar-refractivity contribution in [3.8, 4) is 12.1 Å². The molecule has 2 aromatic rings. The van der Waals surface area contributed by atoms with Crippen molar-refractivity contribution in [2.75, 3.05) is 19.0 Å². The van der Waals surface area contributed by atoms with Gasteiger partial charge in [-0.05, 0) is 30.4 Å². The lowest BCUT2D eigenvalue weighted by Crippen LogP contribution is -2.07. The summed E-state index contributed by atoms with van der Waals surface area (Å²) in [5, 5.41) is 18.1. The van der Waals surface area contributed by atoms with Gasteiger partial charge in [0.05, 0.1) is 10.2 Å². The highest BCUT2D eigenvalue weighted by atomic mass is 32.1. The van der Waals surface area contributed by atoms with E-state index < -0.39 is 0 Å². The highest BCUT2D eigenvalue weighted by Gasteiger charge is 2.03. The average molecular weight is 280 g/mol. The molecule has 1 aromatic carbocycles. The maximum absolute atomic E-state index is 8.63. The Hall–Kier alpha value is -2.63. The number of thiazole rings is 1. The summed E-state index contributed by atoms with van der Waals surface area (Å²) in [4.78, 5) is 6.52. The third-order valence-electron chi connectivity index (χ3n) is 2.65. The molecule has 0 spiro atoms. The van der Waals surface area contributed by atoms with Gasteiger partial charge in [-0.15, -0.1) is 11.3 Å². The zero-order valence-corrected chi connectivity index (χ0v) is 12.0. The van der Waals surface area contributed by atoms with Gasteiger partial charge in [-0.1, -0.05) is 6.08 Å². The van der Waals surface area contributed by atoms with Crippen molar-refractivity contribution in [1.82, 2.24) is 4.98 Å². The molecule has 2 rings (SSSR count). The van der Waals surface area contributed by atoms with E-state index in [1.807, 2.05) is 43.3 Å². The van der Waals surface area contributed by atoms with Crippen molar-refractivity contribution in [1.29, 1.82) is 10.5 Å². The summed E-state index contributed by atoms with van der Waals surface area (Å²) in [5.74, 6) is 0. The van der Waals surface area contributed by atoms with E-state index in [1.165, 1.54) is 6.08 Å². The quantitative estimate of drug-likeness (QED) is 0.639. The Labute approximate surface area is 121 Å². The lowest BCUT2D eigenvalue weighted by molar-refractivity contribution is 1.14. The minimum Gasteiger partial charge on any atom is -0.378 e. The molecule has 0 aliphatic carbocycles. The predicted molar refractivity (Wildman–Crippen MR) is 82.3 cm³/mol. The molecule has 4 nitrogen and oxygen atoms in total. The smallest absolute Gasteiger partial charge is 0.129 e. The molecule has 0 radical (unpaired) electrons. The van der Waals surface area contributed by atoms with E-state index >= 15 is 0 Å². The molecule has 0 unspecified atom stereocenters. The fraction of sp³-hybridized carbons (Fsp3) is 0.133. The van der Waals surface area contributed by atoms with E-state index in [2.05, 4.69) is 11.1 Å². The molecule has 0 bridgehead atoms. The molecule has 5 heteroatoms. The summed E-state index contributed by atoms with van der Waals surface area (Å²) >= 11 is 1.58. The predicted octanol–water partition coefficient (Wildman–Crippen LogP) is 3.35. The highest BCUT2D eigenvalue weighted by Crippen LogP contribution is 2.27. The molecular formula is C15H12N4S. The number of rotatable bonds is 3. The molecule has 0 amide bonds. The van der Waals surface area contributed by atoms with Crippen molar-refractivity contribution in [2.24, 2.45) is 0 Å². The molecule has 0 atom stereocenters. The van der Waals surface area contributed by atoms with Crippen LogP contribution in [0.4, 0.5) is 5.69 Å². The first kappa shape index (κ1) is 13.8. The van der Waals surface area contributed by atoms with Crippen LogP contribution in [0.3, 0.4) is 0 Å². The Bertz CT molecular complexity index is 753. The van der Waals surface area contributed by atoms with Crippen LogP contribution >= 0.6 is 11.3 Å². The molecular weight excluding hydrogens is 268 g/mol. The van der Waals surface area contributed by atoms with E-state index in [0.717, 1.165) is 20.9 Å². The number of hydrogen-bond donors (Lipinski definition) is 0. The normalized spacial score (nSPS) is 10.2. The largest absolute Gasteiger partial charge is 0.378 e. The van der Waals surface area contributed by atoms with Crippen LogP contribution in [0, 0.1) is 22.7 Å². The first-order valence-corrected chi connectivity index (χ1v) is 6.72. The summed E-state index contributed by atoms with van der Waals surface area (Å²) in [6.07, 6.45) is 4.96. The van der Waals surface area contributed by atoms with Crippen LogP contribution in [0.5, 0.6) is 0 Å². The lowest BCUT2D eigenvalue weighted by Gasteiger charge is -2.11. The van der Waals surface area contributed by atoms with Gasteiger partial charge < -0.3 is 4.90 Å². The summed E-state index contributed by atoms with van der Waals surface area (Å²) in [7, 11) is 4.00. The Morgan fingerprint density at radius 1 is 1.30 bits per heavy atom. The van der Waals surface area contributed by atoms with E-state index in [0.29, 0.717) is 0 Å². The van der Waals surface area contributed by atoms with Crippen LogP contribution in [-0.4, -0.2) is 19.1 Å². The highest BCUT2D eigenvalue weighted by molar-refractivity contribution is 7.19. The zero-order valence-electron chi connectivity index (χ0n) is 11.2. The lowest BCUT2D eigenvalue weighted by atomic mass is 10.3. The second-order valence-electron chi connectivity index (χ2n) is 4.26. The number of anilines is 1. The van der Waals surface area contributed by atoms with E-state index in [9.17, 15) is 0 Å². The number of nitrogens with zero attached hydrogens (tertiary/aromatic N) is 4. The first-order valence-electron chi connectivity index (χ1n) is 5.90. The third-order valence-corrected chi connectivity index (χ3v) is 3.63. The summed E-state index contributed by atoms with van der Waals surface area (Å²) in [6, 6.07) is 9.73. The van der Waals surface area contributed by atoms with Gasteiger partial charge >= 0.3 is 0 Å². The molecule has 0 aliphatic rings.